The number of ether oxygens (including phenoxy) is 1. The van der Waals surface area contributed by atoms with Crippen molar-refractivity contribution in [2.75, 3.05) is 32.8 Å². The van der Waals surface area contributed by atoms with Gasteiger partial charge in [-0.05, 0) is 25.0 Å². The van der Waals surface area contributed by atoms with Crippen LogP contribution in [0, 0.1) is 5.41 Å². The molecule has 24 heavy (non-hydrogen) atoms. The summed E-state index contributed by atoms with van der Waals surface area (Å²) in [4.78, 5) is 14.4. The van der Waals surface area contributed by atoms with Crippen molar-refractivity contribution in [1.29, 1.82) is 0 Å². The number of carbonyl (C=O) groups excluding carboxylic acids is 1. The van der Waals surface area contributed by atoms with Crippen LogP contribution < -0.4 is 11.1 Å². The highest BCUT2D eigenvalue weighted by atomic mass is 35.5. The molecule has 0 unspecified atom stereocenters. The van der Waals surface area contributed by atoms with E-state index in [0.717, 1.165) is 38.4 Å². The molecule has 1 aliphatic rings. The highest BCUT2D eigenvalue weighted by Crippen LogP contribution is 2.13. The van der Waals surface area contributed by atoms with Gasteiger partial charge in [-0.1, -0.05) is 24.3 Å². The number of carbonyl (C=O) groups is 1. The number of nitrogens with zero attached hydrogens (tertiary/aromatic N) is 1. The Balaban J connectivity index is 0.00000264. The maximum Gasteiger partial charge on any atom is 0.227 e. The van der Waals surface area contributed by atoms with Gasteiger partial charge in [-0.15, -0.1) is 24.8 Å². The molecule has 1 heterocycles. The van der Waals surface area contributed by atoms with Crippen LogP contribution >= 0.6 is 24.8 Å². The predicted molar refractivity (Wildman–Crippen MR) is 102 cm³/mol. The monoisotopic (exact) mass is 377 g/mol. The van der Waals surface area contributed by atoms with Crippen molar-refractivity contribution in [1.82, 2.24) is 10.2 Å². The smallest absolute Gasteiger partial charge is 0.227 e. The third kappa shape index (κ3) is 6.95. The summed E-state index contributed by atoms with van der Waals surface area (Å²) in [6, 6.07) is 8.41. The summed E-state index contributed by atoms with van der Waals surface area (Å²) in [6.45, 7) is 9.18. The molecule has 0 spiro atoms. The Hall–Kier alpha value is -0.850. The molecule has 0 saturated carbocycles. The van der Waals surface area contributed by atoms with Crippen molar-refractivity contribution in [3.8, 4) is 0 Å². The molecule has 1 aliphatic heterocycles. The van der Waals surface area contributed by atoms with Crippen molar-refractivity contribution in [2.45, 2.75) is 26.9 Å². The topological polar surface area (TPSA) is 67.6 Å². The third-order valence-electron chi connectivity index (χ3n) is 4.11. The lowest BCUT2D eigenvalue weighted by Crippen LogP contribution is -2.41. The lowest BCUT2D eigenvalue weighted by Gasteiger charge is -2.26. The van der Waals surface area contributed by atoms with E-state index >= 15 is 0 Å². The Bertz CT molecular complexity index is 489. The van der Waals surface area contributed by atoms with Gasteiger partial charge in [0, 0.05) is 32.7 Å². The van der Waals surface area contributed by atoms with Gasteiger partial charge < -0.3 is 15.8 Å². The second-order valence-corrected chi connectivity index (χ2v) is 6.48. The Kier molecular flexibility index (Phi) is 10.5. The summed E-state index contributed by atoms with van der Waals surface area (Å²) in [7, 11) is 0. The molecule has 0 atom stereocenters. The average Bonchev–Trinajstić information content (AvgIpc) is 2.55. The van der Waals surface area contributed by atoms with Crippen LogP contribution in [-0.2, 0) is 22.6 Å². The van der Waals surface area contributed by atoms with Crippen molar-refractivity contribution in [3.05, 3.63) is 35.4 Å². The summed E-state index contributed by atoms with van der Waals surface area (Å²) < 4.78 is 5.36. The van der Waals surface area contributed by atoms with E-state index < -0.39 is 5.41 Å². The third-order valence-corrected chi connectivity index (χ3v) is 4.11. The van der Waals surface area contributed by atoms with Crippen LogP contribution in [0.1, 0.15) is 25.0 Å². The first kappa shape index (κ1) is 23.1. The number of hydrogen-bond acceptors (Lipinski definition) is 4. The zero-order valence-electron chi connectivity index (χ0n) is 14.4. The number of halogens is 2. The molecular weight excluding hydrogens is 349 g/mol. The van der Waals surface area contributed by atoms with Crippen LogP contribution in [0.15, 0.2) is 24.3 Å². The Morgan fingerprint density at radius 3 is 2.25 bits per heavy atom. The van der Waals surface area contributed by atoms with E-state index in [1.165, 1.54) is 5.56 Å². The fraction of sp³-hybridized carbons (Fsp3) is 0.588. The molecule has 2 rings (SSSR count). The molecule has 1 amide bonds. The molecule has 5 nitrogen and oxygen atoms in total. The zero-order valence-corrected chi connectivity index (χ0v) is 16.0. The standard InChI is InChI=1S/C17H27N3O2.2ClH/c1-17(2,13-18)16(21)19-11-14-3-5-15(6-4-14)12-20-7-9-22-10-8-20;;/h3-6H,7-13,18H2,1-2H3,(H,19,21);2*1H. The SMILES string of the molecule is CC(C)(CN)C(=O)NCc1ccc(CN2CCOCC2)cc1.Cl.Cl. The molecule has 0 bridgehead atoms. The van der Waals surface area contributed by atoms with Crippen LogP contribution in [-0.4, -0.2) is 43.7 Å². The molecular formula is C17H29Cl2N3O2. The van der Waals surface area contributed by atoms with Crippen LogP contribution in [0.2, 0.25) is 0 Å². The Morgan fingerprint density at radius 2 is 1.71 bits per heavy atom. The van der Waals surface area contributed by atoms with E-state index in [4.69, 9.17) is 10.5 Å². The van der Waals surface area contributed by atoms with Crippen molar-refractivity contribution in [2.24, 2.45) is 11.1 Å². The summed E-state index contributed by atoms with van der Waals surface area (Å²) >= 11 is 0. The number of rotatable bonds is 6. The summed E-state index contributed by atoms with van der Waals surface area (Å²) in [5.74, 6) is -0.00704. The first-order valence-electron chi connectivity index (χ1n) is 7.87. The van der Waals surface area contributed by atoms with Crippen molar-refractivity contribution in [3.63, 3.8) is 0 Å². The molecule has 138 valence electrons. The van der Waals surface area contributed by atoms with Crippen LogP contribution in [0.5, 0.6) is 0 Å². The molecule has 1 aromatic carbocycles. The normalized spacial score (nSPS) is 15.1. The van der Waals surface area contributed by atoms with Gasteiger partial charge in [0.05, 0.1) is 18.6 Å². The van der Waals surface area contributed by atoms with E-state index in [-0.39, 0.29) is 30.7 Å². The van der Waals surface area contributed by atoms with E-state index in [0.29, 0.717) is 13.1 Å². The molecule has 1 saturated heterocycles. The van der Waals surface area contributed by atoms with Gasteiger partial charge in [0.1, 0.15) is 0 Å². The summed E-state index contributed by atoms with van der Waals surface area (Å²) in [5.41, 5.74) is 7.49. The number of nitrogens with two attached hydrogens (primary N) is 1. The number of morpholine rings is 1. The molecule has 0 aliphatic carbocycles. The van der Waals surface area contributed by atoms with Gasteiger partial charge >= 0.3 is 0 Å². The number of nitrogens with one attached hydrogen (secondary N) is 1. The molecule has 7 heteroatoms. The number of benzene rings is 1. The molecule has 0 radical (unpaired) electrons. The highest BCUT2D eigenvalue weighted by molar-refractivity contribution is 5.85. The van der Waals surface area contributed by atoms with E-state index in [9.17, 15) is 4.79 Å². The quantitative estimate of drug-likeness (QED) is 0.794. The van der Waals surface area contributed by atoms with Gasteiger partial charge in [0.2, 0.25) is 5.91 Å². The first-order valence-corrected chi connectivity index (χ1v) is 7.87. The van der Waals surface area contributed by atoms with Gasteiger partial charge in [-0.2, -0.15) is 0 Å². The maximum atomic E-state index is 12.0. The molecule has 0 aromatic heterocycles. The van der Waals surface area contributed by atoms with Crippen LogP contribution in [0.4, 0.5) is 0 Å². The number of amides is 1. The Morgan fingerprint density at radius 1 is 1.17 bits per heavy atom. The maximum absolute atomic E-state index is 12.0. The predicted octanol–water partition coefficient (Wildman–Crippen LogP) is 1.96. The first-order chi connectivity index (χ1) is 10.5. The highest BCUT2D eigenvalue weighted by Gasteiger charge is 2.25. The van der Waals surface area contributed by atoms with Gasteiger partial charge in [-0.25, -0.2) is 0 Å². The van der Waals surface area contributed by atoms with Gasteiger partial charge in [-0.3, -0.25) is 9.69 Å². The van der Waals surface area contributed by atoms with Gasteiger partial charge in [0.15, 0.2) is 0 Å². The van der Waals surface area contributed by atoms with E-state index in [1.54, 1.807) is 0 Å². The minimum atomic E-state index is -0.518. The fourth-order valence-electron chi connectivity index (χ4n) is 2.29. The Labute approximate surface area is 157 Å². The lowest BCUT2D eigenvalue weighted by molar-refractivity contribution is -0.129. The molecule has 1 aromatic rings. The van der Waals surface area contributed by atoms with Crippen LogP contribution in [0.25, 0.3) is 0 Å². The second kappa shape index (κ2) is 10.9. The molecule has 3 N–H and O–H groups in total. The fourth-order valence-corrected chi connectivity index (χ4v) is 2.29. The number of hydrogen-bond donors (Lipinski definition) is 2. The largest absolute Gasteiger partial charge is 0.379 e. The zero-order chi connectivity index (χ0) is 16.0. The molecule has 1 fully saturated rings. The minimum absolute atomic E-state index is 0. The lowest BCUT2D eigenvalue weighted by atomic mass is 9.92. The minimum Gasteiger partial charge on any atom is -0.379 e. The van der Waals surface area contributed by atoms with Crippen LogP contribution in [0.3, 0.4) is 0 Å². The van der Waals surface area contributed by atoms with Gasteiger partial charge in [0.25, 0.3) is 0 Å². The average molecular weight is 378 g/mol. The van der Waals surface area contributed by atoms with Crippen molar-refractivity contribution >= 4 is 30.7 Å². The van der Waals surface area contributed by atoms with E-state index in [2.05, 4.69) is 34.5 Å². The van der Waals surface area contributed by atoms with E-state index in [1.807, 2.05) is 13.8 Å². The van der Waals surface area contributed by atoms with Crippen molar-refractivity contribution < 1.29 is 9.53 Å². The summed E-state index contributed by atoms with van der Waals surface area (Å²) in [5, 5.41) is 2.95. The second-order valence-electron chi connectivity index (χ2n) is 6.48. The summed E-state index contributed by atoms with van der Waals surface area (Å²) in [6.07, 6.45) is 0.